The van der Waals surface area contributed by atoms with Gasteiger partial charge in [0.15, 0.2) is 0 Å². The molecular weight excluding hydrogens is 194 g/mol. The van der Waals surface area contributed by atoms with Crippen LogP contribution in [-0.4, -0.2) is 25.2 Å². The number of carbonyl (C=O) groups is 1. The molecule has 0 saturated heterocycles. The van der Waals surface area contributed by atoms with Crippen LogP contribution in [0.15, 0.2) is 11.6 Å². The molecule has 0 aliphatic carbocycles. The molecule has 0 amide bonds. The lowest BCUT2D eigenvalue weighted by Crippen LogP contribution is -2.29. The average Bonchev–Trinajstić information content (AvgIpc) is 2.15. The number of hydroxylamine groups is 1. The third-order valence-electron chi connectivity index (χ3n) is 1.64. The van der Waals surface area contributed by atoms with E-state index >= 15 is 0 Å². The number of ether oxygens (including phenoxy) is 1. The molecule has 0 unspecified atom stereocenters. The van der Waals surface area contributed by atoms with Crippen LogP contribution in [0.25, 0.3) is 0 Å². The molecular formula is C11H21NO3. The summed E-state index contributed by atoms with van der Waals surface area (Å²) < 4.78 is 4.63. The van der Waals surface area contributed by atoms with Gasteiger partial charge >= 0.3 is 5.97 Å². The third-order valence-corrected chi connectivity index (χ3v) is 1.64. The molecule has 0 aromatic heterocycles. The maximum Gasteiger partial charge on any atom is 0.333 e. The molecule has 1 N–H and O–H groups in total. The summed E-state index contributed by atoms with van der Waals surface area (Å²) >= 11 is 0. The minimum Gasteiger partial charge on any atom is -0.466 e. The quantitative estimate of drug-likeness (QED) is 0.329. The van der Waals surface area contributed by atoms with Gasteiger partial charge in [0.1, 0.15) is 0 Å². The maximum atomic E-state index is 11.2. The number of nitrogens with one attached hydrogen (secondary N) is 1. The molecule has 4 nitrogen and oxygen atoms in total. The smallest absolute Gasteiger partial charge is 0.333 e. The standard InChI is InChI=1S/C11H21NO3/c1-6-9(10(13)14-5)7-8-12-15-11(2,3)4/h7,12H,6,8H2,1-5H3. The van der Waals surface area contributed by atoms with E-state index in [0.29, 0.717) is 18.5 Å². The van der Waals surface area contributed by atoms with Crippen molar-refractivity contribution in [1.29, 1.82) is 0 Å². The van der Waals surface area contributed by atoms with E-state index in [1.807, 2.05) is 27.7 Å². The number of hydrogen-bond donors (Lipinski definition) is 1. The van der Waals surface area contributed by atoms with E-state index in [2.05, 4.69) is 10.2 Å². The van der Waals surface area contributed by atoms with Gasteiger partial charge in [-0.1, -0.05) is 13.0 Å². The second kappa shape index (κ2) is 6.58. The molecule has 0 radical (unpaired) electrons. The molecule has 0 spiro atoms. The fourth-order valence-electron chi connectivity index (χ4n) is 0.926. The van der Waals surface area contributed by atoms with Gasteiger partial charge < -0.3 is 4.74 Å². The SMILES string of the molecule is CCC(=CCNOC(C)(C)C)C(=O)OC. The first kappa shape index (κ1) is 14.1. The molecule has 0 aliphatic rings. The lowest BCUT2D eigenvalue weighted by Gasteiger charge is -2.18. The Morgan fingerprint density at radius 3 is 2.40 bits per heavy atom. The molecule has 0 bridgehead atoms. The molecule has 0 aromatic carbocycles. The summed E-state index contributed by atoms with van der Waals surface area (Å²) in [5.74, 6) is -0.282. The van der Waals surface area contributed by atoms with Crippen molar-refractivity contribution in [3.8, 4) is 0 Å². The van der Waals surface area contributed by atoms with E-state index in [-0.39, 0.29) is 11.6 Å². The minimum absolute atomic E-state index is 0.231. The predicted octanol–water partition coefficient (Wildman–Crippen LogP) is 1.82. The first-order valence-electron chi connectivity index (χ1n) is 5.09. The van der Waals surface area contributed by atoms with Crippen LogP contribution < -0.4 is 5.48 Å². The van der Waals surface area contributed by atoms with Gasteiger partial charge in [-0.15, -0.1) is 0 Å². The van der Waals surface area contributed by atoms with Crippen molar-refractivity contribution in [2.24, 2.45) is 0 Å². The summed E-state index contributed by atoms with van der Waals surface area (Å²) in [6.45, 7) is 8.25. The highest BCUT2D eigenvalue weighted by atomic mass is 16.7. The monoisotopic (exact) mass is 215 g/mol. The first-order chi connectivity index (χ1) is 6.90. The van der Waals surface area contributed by atoms with Crippen LogP contribution in [0.4, 0.5) is 0 Å². The van der Waals surface area contributed by atoms with Gasteiger partial charge in [-0.2, -0.15) is 5.48 Å². The van der Waals surface area contributed by atoms with Crippen LogP contribution in [0.1, 0.15) is 34.1 Å². The zero-order chi connectivity index (χ0) is 11.9. The van der Waals surface area contributed by atoms with Crippen LogP contribution in [-0.2, 0) is 14.4 Å². The molecule has 0 rings (SSSR count). The van der Waals surface area contributed by atoms with E-state index in [0.717, 1.165) is 0 Å². The summed E-state index contributed by atoms with van der Waals surface area (Å²) in [6, 6.07) is 0. The Bertz CT molecular complexity index is 228. The van der Waals surface area contributed by atoms with Gasteiger partial charge in [0.25, 0.3) is 0 Å². The number of rotatable bonds is 5. The lowest BCUT2D eigenvalue weighted by atomic mass is 10.2. The normalized spacial score (nSPS) is 12.7. The van der Waals surface area contributed by atoms with Crippen LogP contribution >= 0.6 is 0 Å². The molecule has 0 saturated carbocycles. The predicted molar refractivity (Wildman–Crippen MR) is 59.2 cm³/mol. The highest BCUT2D eigenvalue weighted by Crippen LogP contribution is 2.04. The summed E-state index contributed by atoms with van der Waals surface area (Å²) in [7, 11) is 1.38. The molecule has 0 fully saturated rings. The van der Waals surface area contributed by atoms with Crippen molar-refractivity contribution < 1.29 is 14.4 Å². The van der Waals surface area contributed by atoms with Gasteiger partial charge in [-0.25, -0.2) is 4.79 Å². The summed E-state index contributed by atoms with van der Waals surface area (Å²) in [5, 5.41) is 0. The van der Waals surface area contributed by atoms with Gasteiger partial charge in [0, 0.05) is 12.1 Å². The number of carbonyl (C=O) groups excluding carboxylic acids is 1. The van der Waals surface area contributed by atoms with E-state index in [1.54, 1.807) is 6.08 Å². The Balaban J connectivity index is 3.98. The first-order valence-corrected chi connectivity index (χ1v) is 5.09. The van der Waals surface area contributed by atoms with E-state index in [9.17, 15) is 4.79 Å². The summed E-state index contributed by atoms with van der Waals surface area (Å²) in [4.78, 5) is 16.5. The van der Waals surface area contributed by atoms with Gasteiger partial charge in [0.05, 0.1) is 12.7 Å². The van der Waals surface area contributed by atoms with Crippen LogP contribution in [0.5, 0.6) is 0 Å². The van der Waals surface area contributed by atoms with E-state index in [1.165, 1.54) is 7.11 Å². The molecule has 0 heterocycles. The maximum absolute atomic E-state index is 11.2. The van der Waals surface area contributed by atoms with Crippen molar-refractivity contribution >= 4 is 5.97 Å². The zero-order valence-electron chi connectivity index (χ0n) is 10.2. The van der Waals surface area contributed by atoms with Crippen molar-refractivity contribution in [1.82, 2.24) is 5.48 Å². The van der Waals surface area contributed by atoms with E-state index < -0.39 is 0 Å². The highest BCUT2D eigenvalue weighted by molar-refractivity contribution is 5.88. The Kier molecular flexibility index (Phi) is 6.20. The third kappa shape index (κ3) is 7.11. The fraction of sp³-hybridized carbons (Fsp3) is 0.727. The number of methoxy groups -OCH3 is 1. The van der Waals surface area contributed by atoms with Crippen molar-refractivity contribution in [3.63, 3.8) is 0 Å². The Hall–Kier alpha value is -0.870. The van der Waals surface area contributed by atoms with Gasteiger partial charge in [0.2, 0.25) is 0 Å². The van der Waals surface area contributed by atoms with Gasteiger partial charge in [-0.3, -0.25) is 4.84 Å². The van der Waals surface area contributed by atoms with Crippen molar-refractivity contribution in [2.75, 3.05) is 13.7 Å². The van der Waals surface area contributed by atoms with Crippen molar-refractivity contribution in [3.05, 3.63) is 11.6 Å². The van der Waals surface area contributed by atoms with Crippen molar-refractivity contribution in [2.45, 2.75) is 39.7 Å². The second-order valence-corrected chi connectivity index (χ2v) is 4.14. The number of hydrogen-bond acceptors (Lipinski definition) is 4. The zero-order valence-corrected chi connectivity index (χ0v) is 10.2. The Morgan fingerprint density at radius 2 is 2.00 bits per heavy atom. The molecule has 0 atom stereocenters. The summed E-state index contributed by atoms with van der Waals surface area (Å²) in [6.07, 6.45) is 2.43. The minimum atomic E-state index is -0.282. The number of esters is 1. The second-order valence-electron chi connectivity index (χ2n) is 4.14. The molecule has 0 aliphatic heterocycles. The molecule has 4 heteroatoms. The Morgan fingerprint density at radius 1 is 1.40 bits per heavy atom. The van der Waals surface area contributed by atoms with Gasteiger partial charge in [-0.05, 0) is 27.2 Å². The van der Waals surface area contributed by atoms with E-state index in [4.69, 9.17) is 4.84 Å². The van der Waals surface area contributed by atoms with Crippen LogP contribution in [0.3, 0.4) is 0 Å². The molecule has 0 aromatic rings. The molecule has 88 valence electrons. The Labute approximate surface area is 91.6 Å². The highest BCUT2D eigenvalue weighted by Gasteiger charge is 2.10. The average molecular weight is 215 g/mol. The summed E-state index contributed by atoms with van der Waals surface area (Å²) in [5.41, 5.74) is 3.21. The van der Waals surface area contributed by atoms with Crippen LogP contribution in [0.2, 0.25) is 0 Å². The lowest BCUT2D eigenvalue weighted by molar-refractivity contribution is -0.136. The largest absolute Gasteiger partial charge is 0.466 e. The fourth-order valence-corrected chi connectivity index (χ4v) is 0.926. The molecule has 15 heavy (non-hydrogen) atoms. The topological polar surface area (TPSA) is 47.6 Å². The van der Waals surface area contributed by atoms with Crippen LogP contribution in [0, 0.1) is 0 Å².